The van der Waals surface area contributed by atoms with Crippen molar-refractivity contribution in [1.29, 1.82) is 0 Å². The Kier molecular flexibility index (Phi) is 4.79. The van der Waals surface area contributed by atoms with Gasteiger partial charge in [-0.3, -0.25) is 0 Å². The first kappa shape index (κ1) is 14.6. The van der Waals surface area contributed by atoms with E-state index in [4.69, 9.17) is 4.74 Å². The van der Waals surface area contributed by atoms with Crippen LogP contribution in [0.15, 0.2) is 30.3 Å². The monoisotopic (exact) mass is 273 g/mol. The second-order valence-electron chi connectivity index (χ2n) is 5.17. The Morgan fingerprint density at radius 2 is 2.00 bits per heavy atom. The molecule has 0 fully saturated rings. The highest BCUT2D eigenvalue weighted by Crippen LogP contribution is 2.20. The minimum Gasteiger partial charge on any atom is -0.481 e. The van der Waals surface area contributed by atoms with Gasteiger partial charge in [-0.15, -0.1) is 0 Å². The van der Waals surface area contributed by atoms with E-state index in [1.807, 2.05) is 20.0 Å². The van der Waals surface area contributed by atoms with Gasteiger partial charge >= 0.3 is 0 Å². The van der Waals surface area contributed by atoms with E-state index in [0.717, 1.165) is 30.1 Å². The van der Waals surface area contributed by atoms with E-state index in [1.165, 1.54) is 5.56 Å². The van der Waals surface area contributed by atoms with Crippen LogP contribution in [0.3, 0.4) is 0 Å². The molecule has 1 atom stereocenters. The summed E-state index contributed by atoms with van der Waals surface area (Å²) in [6.07, 6.45) is 1.02. The molecule has 0 spiro atoms. The molecule has 108 valence electrons. The van der Waals surface area contributed by atoms with Crippen molar-refractivity contribution < 1.29 is 4.74 Å². The number of nitrogens with one attached hydrogen (secondary N) is 1. The maximum atomic E-state index is 5.41. The smallest absolute Gasteiger partial charge is 0.216 e. The van der Waals surface area contributed by atoms with E-state index in [2.05, 4.69) is 41.6 Å². The Morgan fingerprint density at radius 1 is 1.30 bits per heavy atom. The van der Waals surface area contributed by atoms with Crippen molar-refractivity contribution in [2.45, 2.75) is 32.9 Å². The Labute approximate surface area is 120 Å². The van der Waals surface area contributed by atoms with Gasteiger partial charge in [-0.25, -0.2) is 4.68 Å². The van der Waals surface area contributed by atoms with E-state index in [9.17, 15) is 0 Å². The molecule has 1 unspecified atom stereocenters. The van der Waals surface area contributed by atoms with Crippen LogP contribution in [-0.4, -0.2) is 22.9 Å². The van der Waals surface area contributed by atoms with Crippen molar-refractivity contribution in [2.24, 2.45) is 7.05 Å². The van der Waals surface area contributed by atoms with Crippen LogP contribution in [0.1, 0.15) is 23.7 Å². The summed E-state index contributed by atoms with van der Waals surface area (Å²) in [7, 11) is 3.59. The van der Waals surface area contributed by atoms with Crippen LogP contribution in [-0.2, 0) is 20.0 Å². The molecule has 20 heavy (non-hydrogen) atoms. The van der Waals surface area contributed by atoms with Crippen LogP contribution in [0.25, 0.3) is 0 Å². The highest BCUT2D eigenvalue weighted by atomic mass is 16.5. The molecule has 0 aliphatic carbocycles. The van der Waals surface area contributed by atoms with Crippen molar-refractivity contribution in [1.82, 2.24) is 15.1 Å². The lowest BCUT2D eigenvalue weighted by molar-refractivity contribution is 0.367. The average Bonchev–Trinajstić information content (AvgIpc) is 2.71. The fourth-order valence-electron chi connectivity index (χ4n) is 2.46. The van der Waals surface area contributed by atoms with E-state index >= 15 is 0 Å². The van der Waals surface area contributed by atoms with Crippen molar-refractivity contribution in [3.05, 3.63) is 47.2 Å². The Hall–Kier alpha value is -1.81. The molecule has 2 aromatic rings. The quantitative estimate of drug-likeness (QED) is 0.878. The van der Waals surface area contributed by atoms with Gasteiger partial charge in [-0.05, 0) is 25.8 Å². The number of ether oxygens (including phenoxy) is 1. The molecule has 0 saturated carbocycles. The standard InChI is InChI=1S/C16H23N3O/c1-12(10-14-8-6-5-7-9-14)17-11-15-13(2)18-19(3)16(15)20-4/h5-9,12,17H,10-11H2,1-4H3. The lowest BCUT2D eigenvalue weighted by Gasteiger charge is -2.14. The lowest BCUT2D eigenvalue weighted by atomic mass is 10.1. The summed E-state index contributed by atoms with van der Waals surface area (Å²) < 4.78 is 7.19. The molecule has 4 nitrogen and oxygen atoms in total. The summed E-state index contributed by atoms with van der Waals surface area (Å²) in [6, 6.07) is 10.9. The number of aromatic nitrogens is 2. The third kappa shape index (κ3) is 3.39. The zero-order chi connectivity index (χ0) is 14.5. The first-order chi connectivity index (χ1) is 9.61. The zero-order valence-corrected chi connectivity index (χ0v) is 12.7. The summed E-state index contributed by atoms with van der Waals surface area (Å²) >= 11 is 0. The predicted molar refractivity (Wildman–Crippen MR) is 80.9 cm³/mol. The lowest BCUT2D eigenvalue weighted by Crippen LogP contribution is -2.27. The molecule has 1 aromatic carbocycles. The number of rotatable bonds is 6. The maximum absolute atomic E-state index is 5.41. The molecule has 4 heteroatoms. The van der Waals surface area contributed by atoms with E-state index in [0.29, 0.717) is 6.04 Å². The number of hydrogen-bond donors (Lipinski definition) is 1. The zero-order valence-electron chi connectivity index (χ0n) is 12.7. The van der Waals surface area contributed by atoms with Gasteiger partial charge in [0.15, 0.2) is 0 Å². The molecular formula is C16H23N3O. The highest BCUT2D eigenvalue weighted by Gasteiger charge is 2.14. The van der Waals surface area contributed by atoms with Crippen molar-refractivity contribution in [3.8, 4) is 5.88 Å². The van der Waals surface area contributed by atoms with Crippen LogP contribution in [0.2, 0.25) is 0 Å². The Morgan fingerprint density at radius 3 is 2.65 bits per heavy atom. The summed E-state index contributed by atoms with van der Waals surface area (Å²) in [5.74, 6) is 0.835. The molecule has 0 saturated heterocycles. The minimum atomic E-state index is 0.404. The second-order valence-corrected chi connectivity index (χ2v) is 5.17. The highest BCUT2D eigenvalue weighted by molar-refractivity contribution is 5.30. The van der Waals surface area contributed by atoms with Crippen LogP contribution >= 0.6 is 0 Å². The summed E-state index contributed by atoms with van der Waals surface area (Å²) in [5, 5.41) is 7.94. The number of methoxy groups -OCH3 is 1. The fourth-order valence-corrected chi connectivity index (χ4v) is 2.46. The largest absolute Gasteiger partial charge is 0.481 e. The van der Waals surface area contributed by atoms with Gasteiger partial charge in [0.25, 0.3) is 0 Å². The van der Waals surface area contributed by atoms with Gasteiger partial charge in [0.05, 0.1) is 18.4 Å². The van der Waals surface area contributed by atoms with Crippen molar-refractivity contribution in [3.63, 3.8) is 0 Å². The number of hydrogen-bond acceptors (Lipinski definition) is 3. The summed E-state index contributed by atoms with van der Waals surface area (Å²) in [6.45, 7) is 4.99. The SMILES string of the molecule is COc1c(CNC(C)Cc2ccccc2)c(C)nn1C. The molecule has 1 aromatic heterocycles. The first-order valence-corrected chi connectivity index (χ1v) is 6.95. The van der Waals surface area contributed by atoms with Gasteiger partial charge in [0.1, 0.15) is 0 Å². The van der Waals surface area contributed by atoms with Gasteiger partial charge in [0.2, 0.25) is 5.88 Å². The molecule has 0 bridgehead atoms. The second kappa shape index (κ2) is 6.57. The van der Waals surface area contributed by atoms with Gasteiger partial charge in [-0.2, -0.15) is 5.10 Å². The molecule has 0 amide bonds. The van der Waals surface area contributed by atoms with Crippen molar-refractivity contribution in [2.75, 3.05) is 7.11 Å². The van der Waals surface area contributed by atoms with E-state index in [-0.39, 0.29) is 0 Å². The molecule has 1 N–H and O–H groups in total. The predicted octanol–water partition coefficient (Wildman–Crippen LogP) is 2.46. The van der Waals surface area contributed by atoms with Gasteiger partial charge < -0.3 is 10.1 Å². The van der Waals surface area contributed by atoms with Crippen LogP contribution in [0.5, 0.6) is 5.88 Å². The first-order valence-electron chi connectivity index (χ1n) is 6.95. The third-order valence-electron chi connectivity index (χ3n) is 3.49. The number of benzene rings is 1. The number of nitrogens with zero attached hydrogens (tertiary/aromatic N) is 2. The normalized spacial score (nSPS) is 12.4. The van der Waals surface area contributed by atoms with E-state index in [1.54, 1.807) is 11.8 Å². The molecule has 2 rings (SSSR count). The van der Waals surface area contributed by atoms with Crippen molar-refractivity contribution >= 4 is 0 Å². The van der Waals surface area contributed by atoms with Crippen LogP contribution in [0.4, 0.5) is 0 Å². The average molecular weight is 273 g/mol. The third-order valence-corrected chi connectivity index (χ3v) is 3.49. The van der Waals surface area contributed by atoms with Gasteiger partial charge in [-0.1, -0.05) is 30.3 Å². The Balaban J connectivity index is 1.95. The summed E-state index contributed by atoms with van der Waals surface area (Å²) in [4.78, 5) is 0. The van der Waals surface area contributed by atoms with Crippen LogP contribution < -0.4 is 10.1 Å². The molecular weight excluding hydrogens is 250 g/mol. The molecule has 0 radical (unpaired) electrons. The summed E-state index contributed by atoms with van der Waals surface area (Å²) in [5.41, 5.74) is 3.50. The number of aryl methyl sites for hydroxylation is 2. The maximum Gasteiger partial charge on any atom is 0.216 e. The molecule has 0 aliphatic heterocycles. The van der Waals surface area contributed by atoms with E-state index < -0.39 is 0 Å². The minimum absolute atomic E-state index is 0.404. The van der Waals surface area contributed by atoms with Gasteiger partial charge in [0, 0.05) is 19.6 Å². The molecule has 0 aliphatic rings. The van der Waals surface area contributed by atoms with Crippen LogP contribution in [0, 0.1) is 6.92 Å². The fraction of sp³-hybridized carbons (Fsp3) is 0.438. The Bertz CT molecular complexity index is 548. The molecule has 1 heterocycles. The topological polar surface area (TPSA) is 39.1 Å².